The molecule has 2 rings (SSSR count). The molecule has 0 fully saturated rings. The molecular weight excluding hydrogens is 274 g/mol. The first-order chi connectivity index (χ1) is 8.66. The maximum absolute atomic E-state index is 10.6. The monoisotopic (exact) mass is 283 g/mol. The number of benzene rings is 1. The molecule has 0 aliphatic rings. The molecule has 0 aliphatic heterocycles. The van der Waals surface area contributed by atoms with Gasteiger partial charge in [-0.2, -0.15) is 0 Å². The van der Waals surface area contributed by atoms with Crippen LogP contribution in [-0.4, -0.2) is 16.1 Å². The zero-order chi connectivity index (χ0) is 13.0. The Morgan fingerprint density at radius 3 is 2.83 bits per heavy atom. The van der Waals surface area contributed by atoms with E-state index >= 15 is 0 Å². The second kappa shape index (κ2) is 5.95. The quantitative estimate of drug-likeness (QED) is 0.915. The Morgan fingerprint density at radius 1 is 1.39 bits per heavy atom. The molecule has 0 atom stereocenters. The van der Waals surface area contributed by atoms with Crippen LogP contribution in [0.5, 0.6) is 0 Å². The topological polar surface area (TPSA) is 59.4 Å². The number of aromatic nitrogens is 1. The van der Waals surface area contributed by atoms with Gasteiger partial charge in [-0.15, -0.1) is 11.3 Å². The highest BCUT2D eigenvalue weighted by Crippen LogP contribution is 2.17. The number of rotatable bonds is 5. The molecule has 1 heterocycles. The zero-order valence-corrected chi connectivity index (χ0v) is 10.9. The highest BCUT2D eigenvalue weighted by atomic mass is 35.5. The molecule has 0 unspecified atom stereocenters. The molecule has 2 aromatic rings. The zero-order valence-electron chi connectivity index (χ0n) is 9.30. The number of carboxylic acid groups (broad SMARTS) is 1. The summed E-state index contributed by atoms with van der Waals surface area (Å²) in [7, 11) is 0. The molecule has 0 bridgehead atoms. The van der Waals surface area contributed by atoms with Crippen LogP contribution in [0.2, 0.25) is 5.02 Å². The first-order valence-corrected chi connectivity index (χ1v) is 6.41. The van der Waals surface area contributed by atoms with Crippen molar-refractivity contribution in [1.29, 1.82) is 0 Å². The molecule has 0 amide bonds. The standard InChI is InChI=1S/C12H10ClNO3S/c13-10-4-2-1-3-8(10)5-17-6-9-7-18-11(14-9)12(15)16/h1-4,7H,5-6H2,(H,15,16). The summed E-state index contributed by atoms with van der Waals surface area (Å²) in [5, 5.41) is 11.1. The lowest BCUT2D eigenvalue weighted by Crippen LogP contribution is -1.98. The van der Waals surface area contributed by atoms with Crippen molar-refractivity contribution in [3.05, 3.63) is 50.9 Å². The number of hydrogen-bond acceptors (Lipinski definition) is 4. The number of thiazole rings is 1. The van der Waals surface area contributed by atoms with Gasteiger partial charge in [-0.05, 0) is 11.6 Å². The summed E-state index contributed by atoms with van der Waals surface area (Å²) >= 11 is 7.07. The molecule has 6 heteroatoms. The number of carboxylic acids is 1. The van der Waals surface area contributed by atoms with Crippen LogP contribution in [0.15, 0.2) is 29.6 Å². The van der Waals surface area contributed by atoms with Gasteiger partial charge in [-0.1, -0.05) is 29.8 Å². The van der Waals surface area contributed by atoms with Gasteiger partial charge in [-0.3, -0.25) is 0 Å². The Kier molecular flexibility index (Phi) is 4.30. The van der Waals surface area contributed by atoms with Crippen molar-refractivity contribution in [3.63, 3.8) is 0 Å². The summed E-state index contributed by atoms with van der Waals surface area (Å²) in [6, 6.07) is 7.42. The van der Waals surface area contributed by atoms with E-state index in [0.29, 0.717) is 17.3 Å². The van der Waals surface area contributed by atoms with E-state index in [4.69, 9.17) is 21.4 Å². The maximum Gasteiger partial charge on any atom is 0.365 e. The first-order valence-electron chi connectivity index (χ1n) is 5.15. The molecule has 0 aliphatic carbocycles. The fourth-order valence-electron chi connectivity index (χ4n) is 1.35. The minimum atomic E-state index is -1.02. The fraction of sp³-hybridized carbons (Fsp3) is 0.167. The van der Waals surface area contributed by atoms with E-state index in [1.54, 1.807) is 11.4 Å². The van der Waals surface area contributed by atoms with Crippen molar-refractivity contribution in [2.75, 3.05) is 0 Å². The summed E-state index contributed by atoms with van der Waals surface area (Å²) in [4.78, 5) is 14.6. The van der Waals surface area contributed by atoms with Gasteiger partial charge in [0.15, 0.2) is 0 Å². The largest absolute Gasteiger partial charge is 0.476 e. The van der Waals surface area contributed by atoms with Gasteiger partial charge in [0.05, 0.1) is 18.9 Å². The molecule has 94 valence electrons. The predicted octanol–water partition coefficient (Wildman–Crippen LogP) is 3.21. The van der Waals surface area contributed by atoms with Gasteiger partial charge in [0.25, 0.3) is 0 Å². The average Bonchev–Trinajstić information content (AvgIpc) is 2.80. The van der Waals surface area contributed by atoms with Gasteiger partial charge in [-0.25, -0.2) is 9.78 Å². The highest BCUT2D eigenvalue weighted by Gasteiger charge is 2.08. The van der Waals surface area contributed by atoms with Crippen LogP contribution >= 0.6 is 22.9 Å². The van der Waals surface area contributed by atoms with Gasteiger partial charge in [0.2, 0.25) is 5.01 Å². The third-order valence-corrected chi connectivity index (χ3v) is 3.45. The predicted molar refractivity (Wildman–Crippen MR) is 69.0 cm³/mol. The molecule has 1 aromatic carbocycles. The lowest BCUT2D eigenvalue weighted by molar-refractivity contribution is 0.0694. The summed E-state index contributed by atoms with van der Waals surface area (Å²) in [5.74, 6) is -1.02. The molecule has 4 nitrogen and oxygen atoms in total. The van der Waals surface area contributed by atoms with Crippen molar-refractivity contribution in [2.24, 2.45) is 0 Å². The maximum atomic E-state index is 10.6. The third kappa shape index (κ3) is 3.29. The molecule has 0 saturated carbocycles. The SMILES string of the molecule is O=C(O)c1nc(COCc2ccccc2Cl)cs1. The number of halogens is 1. The van der Waals surface area contributed by atoms with Crippen LogP contribution in [0.4, 0.5) is 0 Å². The molecular formula is C12H10ClNO3S. The van der Waals surface area contributed by atoms with E-state index < -0.39 is 5.97 Å². The average molecular weight is 284 g/mol. The fourth-order valence-corrected chi connectivity index (χ4v) is 2.18. The molecule has 1 N–H and O–H groups in total. The van der Waals surface area contributed by atoms with Crippen LogP contribution in [-0.2, 0) is 18.0 Å². The third-order valence-electron chi connectivity index (χ3n) is 2.20. The van der Waals surface area contributed by atoms with Crippen LogP contribution < -0.4 is 0 Å². The van der Waals surface area contributed by atoms with Crippen LogP contribution in [0.3, 0.4) is 0 Å². The molecule has 0 radical (unpaired) electrons. The Bertz CT molecular complexity index is 556. The number of ether oxygens (including phenoxy) is 1. The van der Waals surface area contributed by atoms with Gasteiger partial charge < -0.3 is 9.84 Å². The van der Waals surface area contributed by atoms with Gasteiger partial charge in [0, 0.05) is 10.4 Å². The van der Waals surface area contributed by atoms with E-state index in [2.05, 4.69) is 4.98 Å². The van der Waals surface area contributed by atoms with Crippen molar-refractivity contribution in [3.8, 4) is 0 Å². The number of aromatic carboxylic acids is 1. The Labute approximate surface area is 113 Å². The summed E-state index contributed by atoms with van der Waals surface area (Å²) < 4.78 is 5.45. The Balaban J connectivity index is 1.88. The van der Waals surface area contributed by atoms with Crippen LogP contribution in [0.1, 0.15) is 21.1 Å². The Morgan fingerprint density at radius 2 is 2.17 bits per heavy atom. The molecule has 0 spiro atoms. The van der Waals surface area contributed by atoms with E-state index in [-0.39, 0.29) is 11.6 Å². The van der Waals surface area contributed by atoms with Crippen molar-refractivity contribution in [2.45, 2.75) is 13.2 Å². The lowest BCUT2D eigenvalue weighted by Gasteiger charge is -2.04. The highest BCUT2D eigenvalue weighted by molar-refractivity contribution is 7.11. The van der Waals surface area contributed by atoms with E-state index in [0.717, 1.165) is 16.9 Å². The second-order valence-electron chi connectivity index (χ2n) is 3.53. The normalized spacial score (nSPS) is 10.5. The summed E-state index contributed by atoms with van der Waals surface area (Å²) in [6.07, 6.45) is 0. The van der Waals surface area contributed by atoms with Crippen LogP contribution in [0.25, 0.3) is 0 Å². The van der Waals surface area contributed by atoms with Gasteiger partial charge >= 0.3 is 5.97 Å². The molecule has 18 heavy (non-hydrogen) atoms. The van der Waals surface area contributed by atoms with Crippen LogP contribution in [0, 0.1) is 0 Å². The minimum absolute atomic E-state index is 0.0753. The van der Waals surface area contributed by atoms with E-state index in [1.807, 2.05) is 18.2 Å². The number of nitrogens with zero attached hydrogens (tertiary/aromatic N) is 1. The van der Waals surface area contributed by atoms with Crippen molar-refractivity contribution < 1.29 is 14.6 Å². The van der Waals surface area contributed by atoms with E-state index in [1.165, 1.54) is 0 Å². The molecule has 0 saturated heterocycles. The first kappa shape index (κ1) is 13.0. The smallest absolute Gasteiger partial charge is 0.365 e. The number of hydrogen-bond donors (Lipinski definition) is 1. The van der Waals surface area contributed by atoms with Crippen molar-refractivity contribution in [1.82, 2.24) is 4.98 Å². The van der Waals surface area contributed by atoms with Crippen molar-refractivity contribution >= 4 is 28.9 Å². The minimum Gasteiger partial charge on any atom is -0.476 e. The number of carbonyl (C=O) groups is 1. The lowest BCUT2D eigenvalue weighted by atomic mass is 10.2. The van der Waals surface area contributed by atoms with E-state index in [9.17, 15) is 4.79 Å². The second-order valence-corrected chi connectivity index (χ2v) is 4.80. The summed E-state index contributed by atoms with van der Waals surface area (Å²) in [6.45, 7) is 0.647. The Hall–Kier alpha value is -1.43. The summed E-state index contributed by atoms with van der Waals surface area (Å²) in [5.41, 5.74) is 1.51. The molecule has 1 aromatic heterocycles. The van der Waals surface area contributed by atoms with Gasteiger partial charge in [0.1, 0.15) is 0 Å².